The summed E-state index contributed by atoms with van der Waals surface area (Å²) in [5.74, 6) is 0.464. The summed E-state index contributed by atoms with van der Waals surface area (Å²) in [5.41, 5.74) is 2.50. The third-order valence-electron chi connectivity index (χ3n) is 6.75. The minimum Gasteiger partial charge on any atom is -0.507 e. The van der Waals surface area contributed by atoms with Crippen LogP contribution in [0.4, 0.5) is 5.69 Å². The second-order valence-electron chi connectivity index (χ2n) is 9.88. The molecule has 1 amide bonds. The molecule has 0 saturated carbocycles. The number of ether oxygens (including phenoxy) is 1. The summed E-state index contributed by atoms with van der Waals surface area (Å²) >= 11 is 1.32. The van der Waals surface area contributed by atoms with Crippen molar-refractivity contribution < 1.29 is 19.7 Å². The second-order valence-corrected chi connectivity index (χ2v) is 10.9. The van der Waals surface area contributed by atoms with Crippen LogP contribution in [0, 0.1) is 18.3 Å². The van der Waals surface area contributed by atoms with Crippen LogP contribution in [0.3, 0.4) is 0 Å². The number of anilines is 1. The fraction of sp³-hybridized carbons (Fsp3) is 0.233. The number of benzene rings is 3. The average molecular weight is 528 g/mol. The second kappa shape index (κ2) is 10.2. The molecule has 38 heavy (non-hydrogen) atoms. The highest BCUT2D eigenvalue weighted by Gasteiger charge is 2.31. The van der Waals surface area contributed by atoms with Crippen molar-refractivity contribution in [3.63, 3.8) is 0 Å². The summed E-state index contributed by atoms with van der Waals surface area (Å²) < 4.78 is 6.81. The highest BCUT2D eigenvalue weighted by Crippen LogP contribution is 2.33. The number of hydrogen-bond acceptors (Lipinski definition) is 7. The maximum Gasteiger partial charge on any atom is 0.227 e. The van der Waals surface area contributed by atoms with Crippen molar-refractivity contribution in [3.05, 3.63) is 74.6 Å². The Labute approximate surface area is 225 Å². The predicted octanol–water partition coefficient (Wildman–Crippen LogP) is 4.62. The Morgan fingerprint density at radius 2 is 1.82 bits per heavy atom. The minimum atomic E-state index is -0.800. The van der Waals surface area contributed by atoms with E-state index in [4.69, 9.17) is 10.00 Å². The minimum absolute atomic E-state index is 0.0200. The van der Waals surface area contributed by atoms with Crippen molar-refractivity contribution in [2.45, 2.75) is 39.2 Å². The van der Waals surface area contributed by atoms with Gasteiger partial charge in [-0.05, 0) is 42.8 Å². The van der Waals surface area contributed by atoms with Crippen LogP contribution in [-0.2, 0) is 16.8 Å². The standard InChI is InChI=1S/C30H29N3O4S/c1-17-18(2)29(36)27(19(3)28(17)35)30(4,5)14-26(34)33(6)21-9-7-20(8-10-21)16-37-22-11-12-23-24(13-22)38-25(15-31)32-23/h7-13,35-36H,2-3,14,16H2,1,4-6H3. The molecule has 0 aliphatic heterocycles. The molecule has 3 aromatic carbocycles. The van der Waals surface area contributed by atoms with Gasteiger partial charge in [-0.2, -0.15) is 5.26 Å². The monoisotopic (exact) mass is 527 g/mol. The molecule has 0 unspecified atom stereocenters. The summed E-state index contributed by atoms with van der Waals surface area (Å²) in [6.07, 6.45) is 0.0833. The van der Waals surface area contributed by atoms with Crippen LogP contribution < -0.4 is 20.1 Å². The number of carbonyl (C=O) groups excluding carboxylic acids is 1. The largest absolute Gasteiger partial charge is 0.507 e. The quantitative estimate of drug-likeness (QED) is 0.340. The summed E-state index contributed by atoms with van der Waals surface area (Å²) in [4.78, 5) is 19.0. The van der Waals surface area contributed by atoms with Crippen molar-refractivity contribution in [2.75, 3.05) is 11.9 Å². The van der Waals surface area contributed by atoms with E-state index in [9.17, 15) is 15.0 Å². The first-order chi connectivity index (χ1) is 17.9. The number of carbonyl (C=O) groups is 1. The van der Waals surface area contributed by atoms with E-state index in [0.29, 0.717) is 44.6 Å². The highest BCUT2D eigenvalue weighted by molar-refractivity contribution is 7.19. The molecular weight excluding hydrogens is 498 g/mol. The molecule has 0 aliphatic rings. The van der Waals surface area contributed by atoms with Gasteiger partial charge in [-0.15, -0.1) is 11.3 Å². The van der Waals surface area contributed by atoms with Crippen LogP contribution in [0.5, 0.6) is 17.2 Å². The summed E-state index contributed by atoms with van der Waals surface area (Å²) in [7, 11) is 1.70. The van der Waals surface area contributed by atoms with E-state index in [2.05, 4.69) is 24.2 Å². The van der Waals surface area contributed by atoms with Gasteiger partial charge in [0.05, 0.1) is 10.2 Å². The zero-order valence-corrected chi connectivity index (χ0v) is 22.6. The van der Waals surface area contributed by atoms with E-state index >= 15 is 0 Å². The number of thiazole rings is 1. The lowest BCUT2D eigenvalue weighted by atomic mass is 9.78. The van der Waals surface area contributed by atoms with Crippen LogP contribution in [0.15, 0.2) is 42.5 Å². The summed E-state index contributed by atoms with van der Waals surface area (Å²) in [5, 5.41) is 31.3. The van der Waals surface area contributed by atoms with Crippen molar-refractivity contribution in [1.29, 1.82) is 5.26 Å². The van der Waals surface area contributed by atoms with Gasteiger partial charge >= 0.3 is 0 Å². The Morgan fingerprint density at radius 1 is 1.13 bits per heavy atom. The molecule has 0 spiro atoms. The molecule has 7 nitrogen and oxygen atoms in total. The molecule has 4 aromatic rings. The number of nitrogens with zero attached hydrogens (tertiary/aromatic N) is 3. The lowest BCUT2D eigenvalue weighted by Gasteiger charge is -2.29. The number of phenolic OH excluding ortho intramolecular Hbond substituents is 2. The predicted molar refractivity (Wildman–Crippen MR) is 151 cm³/mol. The number of phenols is 2. The average Bonchev–Trinajstić information content (AvgIpc) is 3.32. The van der Waals surface area contributed by atoms with Crippen LogP contribution in [0.1, 0.15) is 42.0 Å². The number of fused-ring (bicyclic) bond motifs is 1. The molecule has 0 aliphatic carbocycles. The van der Waals surface area contributed by atoms with E-state index in [1.54, 1.807) is 18.9 Å². The van der Waals surface area contributed by atoms with Crippen LogP contribution in [-0.4, -0.2) is 28.2 Å². The molecule has 0 radical (unpaired) electrons. The number of aromatic nitrogens is 1. The van der Waals surface area contributed by atoms with Gasteiger partial charge in [0.25, 0.3) is 0 Å². The number of nitriles is 1. The molecule has 0 bridgehead atoms. The van der Waals surface area contributed by atoms with E-state index in [1.807, 2.05) is 56.3 Å². The van der Waals surface area contributed by atoms with Gasteiger partial charge < -0.3 is 19.8 Å². The third kappa shape index (κ3) is 5.06. The maximum absolute atomic E-state index is 13.2. The molecule has 1 aromatic heterocycles. The number of aromatic hydroxyl groups is 2. The first-order valence-corrected chi connectivity index (χ1v) is 12.8. The van der Waals surface area contributed by atoms with Crippen molar-refractivity contribution in [3.8, 4) is 23.3 Å². The highest BCUT2D eigenvalue weighted by atomic mass is 32.1. The summed E-state index contributed by atoms with van der Waals surface area (Å²) in [6, 6.07) is 15.1. The number of hydrogen-bond donors (Lipinski definition) is 2. The summed E-state index contributed by atoms with van der Waals surface area (Å²) in [6.45, 7) is 13.5. The zero-order chi connectivity index (χ0) is 27.8. The molecule has 4 rings (SSSR count). The number of rotatable bonds is 7. The van der Waals surface area contributed by atoms with E-state index < -0.39 is 5.41 Å². The van der Waals surface area contributed by atoms with Crippen LogP contribution in [0.25, 0.3) is 23.4 Å². The Morgan fingerprint density at radius 3 is 2.47 bits per heavy atom. The Hall–Kier alpha value is -4.35. The van der Waals surface area contributed by atoms with Crippen LogP contribution in [0.2, 0.25) is 0 Å². The molecule has 194 valence electrons. The molecular formula is C30H29N3O4S. The van der Waals surface area contributed by atoms with Gasteiger partial charge in [0.2, 0.25) is 5.91 Å². The normalized spacial score (nSPS) is 11.3. The van der Waals surface area contributed by atoms with Gasteiger partial charge in [-0.1, -0.05) is 39.1 Å². The van der Waals surface area contributed by atoms with Gasteiger partial charge in [0.15, 0.2) is 5.01 Å². The van der Waals surface area contributed by atoms with Crippen molar-refractivity contribution in [1.82, 2.24) is 4.98 Å². The lowest BCUT2D eigenvalue weighted by molar-refractivity contribution is -0.119. The van der Waals surface area contributed by atoms with E-state index in [1.165, 1.54) is 11.3 Å². The molecule has 2 N–H and O–H groups in total. The Balaban J connectivity index is 1.44. The fourth-order valence-electron chi connectivity index (χ4n) is 4.44. The molecule has 0 atom stereocenters. The zero-order valence-electron chi connectivity index (χ0n) is 21.8. The molecule has 0 saturated heterocycles. The third-order valence-corrected chi connectivity index (χ3v) is 7.67. The first kappa shape index (κ1) is 26.7. The number of amides is 1. The smallest absolute Gasteiger partial charge is 0.227 e. The van der Waals surface area contributed by atoms with Crippen molar-refractivity contribution >= 4 is 46.3 Å². The fourth-order valence-corrected chi connectivity index (χ4v) is 5.23. The van der Waals surface area contributed by atoms with Gasteiger partial charge in [-0.3, -0.25) is 4.79 Å². The van der Waals surface area contributed by atoms with E-state index in [-0.39, 0.29) is 23.8 Å². The Bertz CT molecular complexity index is 1680. The maximum atomic E-state index is 13.2. The molecule has 8 heteroatoms. The SMILES string of the molecule is C=c1c(C)c(O)c(=C)c(C(C)(C)CC(=O)N(C)c2ccc(COc3ccc4nc(C#N)sc4c3)cc2)c1O. The molecule has 0 fully saturated rings. The first-order valence-electron chi connectivity index (χ1n) is 11.9. The molecule has 1 heterocycles. The topological polar surface area (TPSA) is 107 Å². The van der Waals surface area contributed by atoms with Gasteiger partial charge in [-0.25, -0.2) is 4.98 Å². The lowest BCUT2D eigenvalue weighted by Crippen LogP contribution is -2.36. The Kier molecular flexibility index (Phi) is 7.16. The van der Waals surface area contributed by atoms with Crippen molar-refractivity contribution in [2.24, 2.45) is 0 Å². The van der Waals surface area contributed by atoms with Gasteiger partial charge in [0.1, 0.15) is 29.9 Å². The van der Waals surface area contributed by atoms with Gasteiger partial charge in [0, 0.05) is 46.1 Å². The van der Waals surface area contributed by atoms with E-state index in [0.717, 1.165) is 15.8 Å². The van der Waals surface area contributed by atoms with Crippen LogP contribution >= 0.6 is 11.3 Å².